The van der Waals surface area contributed by atoms with Gasteiger partial charge in [0, 0.05) is 11.8 Å². The molecule has 9 heteroatoms. The molecule has 3 aromatic rings. The Morgan fingerprint density at radius 1 is 0.941 bits per heavy atom. The lowest BCUT2D eigenvalue weighted by molar-refractivity contribution is -0.114. The van der Waals surface area contributed by atoms with Crippen molar-refractivity contribution >= 4 is 27.3 Å². The first-order chi connectivity index (χ1) is 16.1. The number of nitrogens with one attached hydrogen (secondary N) is 1. The fourth-order valence-electron chi connectivity index (χ4n) is 3.92. The number of hydrogen-bond donors (Lipinski definition) is 1. The van der Waals surface area contributed by atoms with Crippen LogP contribution >= 0.6 is 0 Å². The van der Waals surface area contributed by atoms with E-state index in [0.717, 1.165) is 33.1 Å². The Balaban J connectivity index is 1.69. The van der Waals surface area contributed by atoms with Gasteiger partial charge in [-0.25, -0.2) is 12.8 Å². The van der Waals surface area contributed by atoms with Gasteiger partial charge in [0.05, 0.1) is 10.6 Å². The van der Waals surface area contributed by atoms with Gasteiger partial charge in [0.25, 0.3) is 10.0 Å². The van der Waals surface area contributed by atoms with Crippen molar-refractivity contribution in [2.45, 2.75) is 25.7 Å². The van der Waals surface area contributed by atoms with Crippen molar-refractivity contribution in [3.05, 3.63) is 77.1 Å². The summed E-state index contributed by atoms with van der Waals surface area (Å²) in [7, 11) is -4.20. The highest BCUT2D eigenvalue weighted by Gasteiger charge is 2.29. The first-order valence-electron chi connectivity index (χ1n) is 10.7. The molecule has 0 aliphatic carbocycles. The molecule has 0 unspecified atom stereocenters. The normalized spacial score (nSPS) is 12.8. The summed E-state index contributed by atoms with van der Waals surface area (Å²) >= 11 is 0. The lowest BCUT2D eigenvalue weighted by Gasteiger charge is -2.25. The van der Waals surface area contributed by atoms with Gasteiger partial charge >= 0.3 is 0 Å². The number of rotatable bonds is 6. The average molecular weight is 485 g/mol. The largest absolute Gasteiger partial charge is 0.486 e. The first kappa shape index (κ1) is 23.6. The fourth-order valence-corrected chi connectivity index (χ4v) is 5.36. The molecular formula is C25H25FN2O5S. The van der Waals surface area contributed by atoms with Gasteiger partial charge in [-0.3, -0.25) is 9.10 Å². The molecule has 0 saturated heterocycles. The summed E-state index contributed by atoms with van der Waals surface area (Å²) in [5.74, 6) is -0.292. The molecule has 1 N–H and O–H groups in total. The van der Waals surface area contributed by atoms with Gasteiger partial charge in [0.2, 0.25) is 5.91 Å². The van der Waals surface area contributed by atoms with E-state index in [2.05, 4.69) is 5.32 Å². The van der Waals surface area contributed by atoms with Crippen molar-refractivity contribution < 1.29 is 27.1 Å². The summed E-state index contributed by atoms with van der Waals surface area (Å²) in [4.78, 5) is 13.0. The van der Waals surface area contributed by atoms with E-state index in [-0.39, 0.29) is 10.6 Å². The van der Waals surface area contributed by atoms with E-state index >= 15 is 0 Å². The van der Waals surface area contributed by atoms with Crippen LogP contribution in [0, 0.1) is 26.6 Å². The molecule has 4 rings (SSSR count). The molecule has 1 heterocycles. The number of carbonyl (C=O) groups is 1. The minimum Gasteiger partial charge on any atom is -0.486 e. The molecule has 0 radical (unpaired) electrons. The van der Waals surface area contributed by atoms with E-state index < -0.39 is 28.3 Å². The Morgan fingerprint density at radius 3 is 2.21 bits per heavy atom. The number of anilines is 2. The number of amides is 1. The second-order valence-corrected chi connectivity index (χ2v) is 9.98. The first-order valence-corrected chi connectivity index (χ1v) is 12.1. The van der Waals surface area contributed by atoms with E-state index in [1.165, 1.54) is 30.3 Å². The predicted molar refractivity (Wildman–Crippen MR) is 128 cm³/mol. The molecule has 0 bridgehead atoms. The molecule has 0 atom stereocenters. The van der Waals surface area contributed by atoms with Gasteiger partial charge in [0.15, 0.2) is 11.5 Å². The van der Waals surface area contributed by atoms with Crippen molar-refractivity contribution in [3.63, 3.8) is 0 Å². The van der Waals surface area contributed by atoms with Gasteiger partial charge in [-0.15, -0.1) is 0 Å². The quantitative estimate of drug-likeness (QED) is 0.562. The summed E-state index contributed by atoms with van der Waals surface area (Å²) in [5.41, 5.74) is 3.58. The van der Waals surface area contributed by atoms with Gasteiger partial charge in [-0.2, -0.15) is 0 Å². The molecule has 178 valence electrons. The maximum atomic E-state index is 13.6. The average Bonchev–Trinajstić information content (AvgIpc) is 2.80. The van der Waals surface area contributed by atoms with Crippen molar-refractivity contribution in [2.75, 3.05) is 29.4 Å². The van der Waals surface area contributed by atoms with Crippen molar-refractivity contribution in [2.24, 2.45) is 0 Å². The van der Waals surface area contributed by atoms with Crippen LogP contribution in [0.15, 0.2) is 59.5 Å². The number of ether oxygens (including phenoxy) is 2. The van der Waals surface area contributed by atoms with Gasteiger partial charge in [-0.1, -0.05) is 17.7 Å². The van der Waals surface area contributed by atoms with E-state index in [0.29, 0.717) is 30.4 Å². The molecule has 7 nitrogen and oxygen atoms in total. The van der Waals surface area contributed by atoms with Crippen LogP contribution in [0.5, 0.6) is 11.5 Å². The minimum absolute atomic E-state index is 0.0726. The zero-order valence-electron chi connectivity index (χ0n) is 19.1. The van der Waals surface area contributed by atoms with E-state index in [4.69, 9.17) is 9.47 Å². The summed E-state index contributed by atoms with van der Waals surface area (Å²) in [6.45, 7) is 5.88. The summed E-state index contributed by atoms with van der Waals surface area (Å²) in [6.07, 6.45) is 0. The molecule has 0 saturated carbocycles. The Morgan fingerprint density at radius 2 is 1.56 bits per heavy atom. The Labute approximate surface area is 198 Å². The minimum atomic E-state index is -4.20. The number of hydrogen-bond acceptors (Lipinski definition) is 5. The summed E-state index contributed by atoms with van der Waals surface area (Å²) < 4.78 is 52.7. The standard InChI is InChI=1S/C25H25FN2O5S/c1-16-12-17(2)25(18(3)13-16)27-24(29)15-28(20-6-4-19(26)5-7-20)34(30,31)21-8-9-22-23(14-21)33-11-10-32-22/h4-9,12-14H,10-11,15H2,1-3H3,(H,27,29). The predicted octanol–water partition coefficient (Wildman–Crippen LogP) is 4.36. The van der Waals surface area contributed by atoms with E-state index in [1.807, 2.05) is 32.9 Å². The number of carbonyl (C=O) groups excluding carboxylic acids is 1. The zero-order valence-corrected chi connectivity index (χ0v) is 19.9. The van der Waals surface area contributed by atoms with Crippen molar-refractivity contribution in [1.29, 1.82) is 0 Å². The van der Waals surface area contributed by atoms with E-state index in [1.54, 1.807) is 0 Å². The van der Waals surface area contributed by atoms with Crippen LogP contribution in [0.3, 0.4) is 0 Å². The third kappa shape index (κ3) is 4.84. The Hall–Kier alpha value is -3.59. The second kappa shape index (κ2) is 9.34. The number of aryl methyl sites for hydroxylation is 3. The van der Waals surface area contributed by atoms with E-state index in [9.17, 15) is 17.6 Å². The lowest BCUT2D eigenvalue weighted by Crippen LogP contribution is -2.38. The number of nitrogens with zero attached hydrogens (tertiary/aromatic N) is 1. The second-order valence-electron chi connectivity index (χ2n) is 8.12. The Bertz CT molecular complexity index is 1320. The molecule has 1 aliphatic heterocycles. The van der Waals surface area contributed by atoms with Crippen LogP contribution in [-0.2, 0) is 14.8 Å². The van der Waals surface area contributed by atoms with Crippen LogP contribution in [0.2, 0.25) is 0 Å². The summed E-state index contributed by atoms with van der Waals surface area (Å²) in [5, 5.41) is 2.83. The third-order valence-corrected chi connectivity index (χ3v) is 7.21. The topological polar surface area (TPSA) is 84.9 Å². The molecule has 0 spiro atoms. The molecule has 34 heavy (non-hydrogen) atoms. The van der Waals surface area contributed by atoms with Crippen LogP contribution in [0.1, 0.15) is 16.7 Å². The smallest absolute Gasteiger partial charge is 0.264 e. The molecule has 1 aliphatic rings. The van der Waals surface area contributed by atoms with Crippen LogP contribution in [0.25, 0.3) is 0 Å². The lowest BCUT2D eigenvalue weighted by atomic mass is 10.1. The highest BCUT2D eigenvalue weighted by Crippen LogP contribution is 2.34. The van der Waals surface area contributed by atoms with Gasteiger partial charge < -0.3 is 14.8 Å². The van der Waals surface area contributed by atoms with Crippen LogP contribution in [0.4, 0.5) is 15.8 Å². The highest BCUT2D eigenvalue weighted by molar-refractivity contribution is 7.92. The monoisotopic (exact) mass is 484 g/mol. The van der Waals surface area contributed by atoms with Gasteiger partial charge in [-0.05, 0) is 68.3 Å². The highest BCUT2D eigenvalue weighted by atomic mass is 32.2. The number of sulfonamides is 1. The third-order valence-electron chi connectivity index (χ3n) is 5.44. The maximum absolute atomic E-state index is 13.6. The molecule has 0 aromatic heterocycles. The van der Waals surface area contributed by atoms with Gasteiger partial charge in [0.1, 0.15) is 25.6 Å². The summed E-state index contributed by atoms with van der Waals surface area (Å²) in [6, 6.07) is 13.1. The fraction of sp³-hybridized carbons (Fsp3) is 0.240. The van der Waals surface area contributed by atoms with Crippen LogP contribution < -0.4 is 19.1 Å². The molecule has 3 aromatic carbocycles. The molecular weight excluding hydrogens is 459 g/mol. The van der Waals surface area contributed by atoms with Crippen LogP contribution in [-0.4, -0.2) is 34.1 Å². The number of benzene rings is 3. The molecule has 0 fully saturated rings. The molecule has 1 amide bonds. The van der Waals surface area contributed by atoms with Crippen molar-refractivity contribution in [3.8, 4) is 11.5 Å². The maximum Gasteiger partial charge on any atom is 0.264 e. The Kier molecular flexibility index (Phi) is 6.47. The number of halogens is 1. The SMILES string of the molecule is Cc1cc(C)c(NC(=O)CN(c2ccc(F)cc2)S(=O)(=O)c2ccc3c(c2)OCCO3)c(C)c1. The van der Waals surface area contributed by atoms with Crippen molar-refractivity contribution in [1.82, 2.24) is 0 Å². The zero-order chi connectivity index (χ0) is 24.5. The number of fused-ring (bicyclic) bond motifs is 1.